The molecule has 3 aromatic rings. The number of halogens is 3. The monoisotopic (exact) mass is 456 g/mol. The number of aromatic nitrogens is 4. The molecule has 13 heteroatoms. The first kappa shape index (κ1) is 22.8. The van der Waals surface area contributed by atoms with Gasteiger partial charge in [-0.3, -0.25) is 4.68 Å². The smallest absolute Gasteiger partial charge is 0.353 e. The molecule has 9 nitrogen and oxygen atoms in total. The fraction of sp³-hybridized carbons (Fsp3) is 0.278. The Kier molecular flexibility index (Phi) is 6.14. The minimum Gasteiger partial charge on any atom is -0.353 e. The highest BCUT2D eigenvalue weighted by Crippen LogP contribution is 2.36. The summed E-state index contributed by atoms with van der Waals surface area (Å²) in [6.45, 7) is 2.70. The molecule has 4 N–H and O–H groups in total. The Bertz CT molecular complexity index is 1130. The van der Waals surface area contributed by atoms with Gasteiger partial charge in [0.05, 0.1) is 16.8 Å². The van der Waals surface area contributed by atoms with Crippen molar-refractivity contribution >= 4 is 22.6 Å². The molecule has 2 aromatic heterocycles. The maximum Gasteiger partial charge on any atom is 0.419 e. The van der Waals surface area contributed by atoms with E-state index < -0.39 is 28.6 Å². The molecule has 0 aliphatic heterocycles. The van der Waals surface area contributed by atoms with Gasteiger partial charge in [0, 0.05) is 37.6 Å². The van der Waals surface area contributed by atoms with E-state index >= 15 is 0 Å². The standard InChI is InChI=1S/C18H19F3N6O3S/c1-10-6-12(31(30)26-17(2,28)29)4-5-14(10)24-16-22-8-13(18(19,20)21)15(25-16)11-7-23-27(3)9-11/h4-9,26,28-29H,1-3H3,(H,22,24,25). The predicted octanol–water partition coefficient (Wildman–Crippen LogP) is 2.22. The van der Waals surface area contributed by atoms with Crippen LogP contribution in [0.15, 0.2) is 41.7 Å². The number of alkyl halides is 3. The van der Waals surface area contributed by atoms with E-state index in [2.05, 4.69) is 25.1 Å². The number of aliphatic hydroxyl groups is 2. The highest BCUT2D eigenvalue weighted by atomic mass is 32.2. The van der Waals surface area contributed by atoms with Crippen molar-refractivity contribution in [2.24, 2.45) is 7.05 Å². The van der Waals surface area contributed by atoms with Gasteiger partial charge in [-0.1, -0.05) is 0 Å². The topological polar surface area (TPSA) is 125 Å². The van der Waals surface area contributed by atoms with Gasteiger partial charge < -0.3 is 15.5 Å². The van der Waals surface area contributed by atoms with Gasteiger partial charge in [-0.2, -0.15) is 23.0 Å². The quantitative estimate of drug-likeness (QED) is 0.419. The third-order valence-electron chi connectivity index (χ3n) is 4.02. The first-order chi connectivity index (χ1) is 14.3. The average Bonchev–Trinajstić information content (AvgIpc) is 3.07. The number of rotatable bonds is 6. The molecule has 0 radical (unpaired) electrons. The van der Waals surface area contributed by atoms with Gasteiger partial charge >= 0.3 is 6.18 Å². The molecule has 0 amide bonds. The minimum absolute atomic E-state index is 0.0692. The van der Waals surface area contributed by atoms with Crippen molar-refractivity contribution in [3.63, 3.8) is 0 Å². The molecule has 0 fully saturated rings. The maximum absolute atomic E-state index is 13.4. The molecule has 31 heavy (non-hydrogen) atoms. The number of hydrogen-bond acceptors (Lipinski definition) is 7. The Balaban J connectivity index is 1.92. The van der Waals surface area contributed by atoms with Crippen molar-refractivity contribution < 1.29 is 27.6 Å². The van der Waals surface area contributed by atoms with Gasteiger partial charge in [0.1, 0.15) is 16.5 Å². The molecule has 1 unspecified atom stereocenters. The SMILES string of the molecule is Cc1cc(S(=O)NC(C)(O)O)ccc1Nc1ncc(C(F)(F)F)c(-c2cnn(C)c2)n1. The molecule has 0 aliphatic carbocycles. The number of hydrogen-bond donors (Lipinski definition) is 4. The van der Waals surface area contributed by atoms with E-state index in [0.29, 0.717) is 17.4 Å². The Morgan fingerprint density at radius 2 is 1.90 bits per heavy atom. The first-order valence-corrected chi connectivity index (χ1v) is 9.94. The molecule has 0 saturated carbocycles. The van der Waals surface area contributed by atoms with E-state index in [9.17, 15) is 27.6 Å². The Morgan fingerprint density at radius 3 is 2.45 bits per heavy atom. The third-order valence-corrected chi connectivity index (χ3v) is 5.27. The van der Waals surface area contributed by atoms with Crippen molar-refractivity contribution in [3.8, 4) is 11.3 Å². The largest absolute Gasteiger partial charge is 0.419 e. The lowest BCUT2D eigenvalue weighted by Crippen LogP contribution is -2.42. The number of anilines is 2. The Hall–Kier alpha value is -2.87. The van der Waals surface area contributed by atoms with Gasteiger partial charge in [0.15, 0.2) is 0 Å². The van der Waals surface area contributed by atoms with E-state index in [1.54, 1.807) is 14.0 Å². The predicted molar refractivity (Wildman–Crippen MR) is 106 cm³/mol. The van der Waals surface area contributed by atoms with Crippen LogP contribution in [-0.2, 0) is 24.2 Å². The van der Waals surface area contributed by atoms with Gasteiger partial charge in [0.25, 0.3) is 0 Å². The lowest BCUT2D eigenvalue weighted by atomic mass is 10.1. The van der Waals surface area contributed by atoms with Crippen LogP contribution in [0.25, 0.3) is 11.3 Å². The van der Waals surface area contributed by atoms with Crippen LogP contribution in [0.1, 0.15) is 18.1 Å². The zero-order valence-corrected chi connectivity index (χ0v) is 17.4. The normalized spacial score (nSPS) is 13.3. The molecule has 0 bridgehead atoms. The van der Waals surface area contributed by atoms with E-state index in [4.69, 9.17) is 0 Å². The molecule has 2 heterocycles. The molecule has 0 saturated heterocycles. The zero-order valence-electron chi connectivity index (χ0n) is 16.6. The summed E-state index contributed by atoms with van der Waals surface area (Å²) in [5.74, 6) is -2.40. The van der Waals surface area contributed by atoms with Crippen molar-refractivity contribution in [3.05, 3.63) is 47.9 Å². The van der Waals surface area contributed by atoms with Gasteiger partial charge in [-0.15, -0.1) is 0 Å². The molecular weight excluding hydrogens is 437 g/mol. The van der Waals surface area contributed by atoms with Crippen LogP contribution in [0.4, 0.5) is 24.8 Å². The van der Waals surface area contributed by atoms with Crippen LogP contribution in [0.2, 0.25) is 0 Å². The highest BCUT2D eigenvalue weighted by molar-refractivity contribution is 7.83. The van der Waals surface area contributed by atoms with Crippen LogP contribution in [-0.4, -0.2) is 40.1 Å². The zero-order chi connectivity index (χ0) is 23.0. The van der Waals surface area contributed by atoms with E-state index in [0.717, 1.165) is 6.92 Å². The Morgan fingerprint density at radius 1 is 1.19 bits per heavy atom. The van der Waals surface area contributed by atoms with Gasteiger partial charge in [-0.25, -0.2) is 14.2 Å². The van der Waals surface area contributed by atoms with Crippen LogP contribution < -0.4 is 10.0 Å². The van der Waals surface area contributed by atoms with Crippen LogP contribution in [0.3, 0.4) is 0 Å². The van der Waals surface area contributed by atoms with Crippen LogP contribution in [0, 0.1) is 6.92 Å². The molecule has 0 aliphatic rings. The van der Waals surface area contributed by atoms with Crippen molar-refractivity contribution in [2.75, 3.05) is 5.32 Å². The van der Waals surface area contributed by atoms with Crippen LogP contribution >= 0.6 is 0 Å². The number of benzene rings is 1. The molecule has 1 aromatic carbocycles. The summed E-state index contributed by atoms with van der Waals surface area (Å²) in [4.78, 5) is 8.07. The summed E-state index contributed by atoms with van der Waals surface area (Å²) in [6.07, 6.45) is -1.25. The number of nitrogens with one attached hydrogen (secondary N) is 2. The molecule has 1 atom stereocenters. The highest BCUT2D eigenvalue weighted by Gasteiger charge is 2.35. The van der Waals surface area contributed by atoms with E-state index in [1.165, 1.54) is 35.3 Å². The summed E-state index contributed by atoms with van der Waals surface area (Å²) in [6, 6.07) is 4.50. The summed E-state index contributed by atoms with van der Waals surface area (Å²) < 4.78 is 55.8. The lowest BCUT2D eigenvalue weighted by molar-refractivity contribution is -0.151. The fourth-order valence-electron chi connectivity index (χ4n) is 2.66. The Labute approximate surface area is 177 Å². The third kappa shape index (κ3) is 5.64. The first-order valence-electron chi connectivity index (χ1n) is 8.79. The minimum atomic E-state index is -4.65. The van der Waals surface area contributed by atoms with Crippen molar-refractivity contribution in [2.45, 2.75) is 30.8 Å². The second kappa shape index (κ2) is 8.34. The average molecular weight is 456 g/mol. The summed E-state index contributed by atoms with van der Waals surface area (Å²) in [7, 11) is -0.320. The lowest BCUT2D eigenvalue weighted by Gasteiger charge is -2.17. The number of aryl methyl sites for hydroxylation is 2. The van der Waals surface area contributed by atoms with Gasteiger partial charge in [0.2, 0.25) is 11.9 Å². The molecule has 166 valence electrons. The summed E-state index contributed by atoms with van der Waals surface area (Å²) in [5, 5.41) is 25.4. The summed E-state index contributed by atoms with van der Waals surface area (Å²) in [5.41, 5.74) is -0.0755. The van der Waals surface area contributed by atoms with E-state index in [1.807, 2.05) is 0 Å². The number of nitrogens with zero attached hydrogens (tertiary/aromatic N) is 4. The van der Waals surface area contributed by atoms with Crippen molar-refractivity contribution in [1.82, 2.24) is 24.5 Å². The second-order valence-electron chi connectivity index (χ2n) is 6.85. The summed E-state index contributed by atoms with van der Waals surface area (Å²) >= 11 is 0. The molecule has 0 spiro atoms. The van der Waals surface area contributed by atoms with Crippen molar-refractivity contribution in [1.29, 1.82) is 0 Å². The fourth-order valence-corrected chi connectivity index (χ4v) is 3.60. The molecular formula is C18H19F3N6O3S. The maximum atomic E-state index is 13.4. The van der Waals surface area contributed by atoms with E-state index in [-0.39, 0.29) is 22.1 Å². The van der Waals surface area contributed by atoms with Crippen LogP contribution in [0.5, 0.6) is 0 Å². The molecule has 3 rings (SSSR count). The second-order valence-corrected chi connectivity index (χ2v) is 8.06. The van der Waals surface area contributed by atoms with Gasteiger partial charge in [-0.05, 0) is 30.7 Å².